The number of aryl methyl sites for hydroxylation is 2. The number of ether oxygens (including phenoxy) is 1. The Morgan fingerprint density at radius 2 is 1.85 bits per heavy atom. The number of carbonyl (C=O) groups is 1. The number of hydrogen-bond donors (Lipinski definition) is 2. The molecule has 3 aromatic rings. The molecule has 0 fully saturated rings. The van der Waals surface area contributed by atoms with Crippen molar-refractivity contribution >= 4 is 17.4 Å². The minimum atomic E-state index is -0.336. The molecular formula is C21H22N4O2. The van der Waals surface area contributed by atoms with Crippen molar-refractivity contribution in [3.05, 3.63) is 77.0 Å². The molecule has 6 heteroatoms. The molecule has 0 spiro atoms. The Bertz CT molecular complexity index is 939. The molecule has 0 saturated carbocycles. The number of hydrogen-bond acceptors (Lipinski definition) is 5. The molecular weight excluding hydrogens is 340 g/mol. The fourth-order valence-corrected chi connectivity index (χ4v) is 2.65. The van der Waals surface area contributed by atoms with Gasteiger partial charge in [0.05, 0.1) is 12.8 Å². The van der Waals surface area contributed by atoms with Gasteiger partial charge >= 0.3 is 0 Å². The fraction of sp³-hybridized carbons (Fsp3) is 0.190. The van der Waals surface area contributed by atoms with E-state index < -0.39 is 0 Å². The van der Waals surface area contributed by atoms with Gasteiger partial charge in [-0.1, -0.05) is 30.3 Å². The second-order valence-corrected chi connectivity index (χ2v) is 6.24. The first-order valence-electron chi connectivity index (χ1n) is 8.65. The summed E-state index contributed by atoms with van der Waals surface area (Å²) in [5, 5.41) is 14.1. The van der Waals surface area contributed by atoms with Gasteiger partial charge < -0.3 is 15.4 Å². The highest BCUT2D eigenvalue weighted by molar-refractivity contribution is 6.03. The van der Waals surface area contributed by atoms with E-state index in [0.717, 1.165) is 5.56 Å². The molecule has 0 bridgehead atoms. The van der Waals surface area contributed by atoms with Crippen LogP contribution in [-0.2, 0) is 6.54 Å². The van der Waals surface area contributed by atoms with Crippen LogP contribution in [0, 0.1) is 13.8 Å². The van der Waals surface area contributed by atoms with Crippen LogP contribution in [0.1, 0.15) is 27.2 Å². The van der Waals surface area contributed by atoms with E-state index in [1.54, 1.807) is 19.2 Å². The van der Waals surface area contributed by atoms with Crippen LogP contribution in [0.3, 0.4) is 0 Å². The molecule has 0 saturated heterocycles. The summed E-state index contributed by atoms with van der Waals surface area (Å²) in [4.78, 5) is 12.4. The van der Waals surface area contributed by atoms with Gasteiger partial charge in [-0.2, -0.15) is 0 Å². The van der Waals surface area contributed by atoms with Crippen LogP contribution in [0.2, 0.25) is 0 Å². The number of benzene rings is 2. The first-order valence-corrected chi connectivity index (χ1v) is 8.65. The van der Waals surface area contributed by atoms with Crippen molar-refractivity contribution in [3.8, 4) is 5.75 Å². The molecule has 27 heavy (non-hydrogen) atoms. The molecule has 2 N–H and O–H groups in total. The number of carbonyl (C=O) groups excluding carboxylic acids is 1. The monoisotopic (exact) mass is 362 g/mol. The van der Waals surface area contributed by atoms with Gasteiger partial charge in [0.25, 0.3) is 5.91 Å². The van der Waals surface area contributed by atoms with E-state index in [2.05, 4.69) is 39.9 Å². The van der Waals surface area contributed by atoms with E-state index in [9.17, 15) is 4.79 Å². The van der Waals surface area contributed by atoms with E-state index >= 15 is 0 Å². The zero-order chi connectivity index (χ0) is 19.2. The molecule has 0 radical (unpaired) electrons. The van der Waals surface area contributed by atoms with Crippen LogP contribution in [0.5, 0.6) is 5.75 Å². The molecule has 2 aromatic carbocycles. The number of methoxy groups -OCH3 is 1. The summed E-state index contributed by atoms with van der Waals surface area (Å²) in [5.74, 6) is 0.873. The number of aromatic nitrogens is 2. The Labute approximate surface area is 158 Å². The molecule has 3 rings (SSSR count). The van der Waals surface area contributed by atoms with Gasteiger partial charge in [-0.25, -0.2) is 0 Å². The van der Waals surface area contributed by atoms with Gasteiger partial charge in [-0.15, -0.1) is 10.2 Å². The van der Waals surface area contributed by atoms with E-state index in [4.69, 9.17) is 4.74 Å². The summed E-state index contributed by atoms with van der Waals surface area (Å²) in [6, 6.07) is 17.1. The third kappa shape index (κ3) is 4.61. The lowest BCUT2D eigenvalue weighted by Gasteiger charge is -2.11. The smallest absolute Gasteiger partial charge is 0.276 e. The predicted molar refractivity (Wildman–Crippen MR) is 106 cm³/mol. The van der Waals surface area contributed by atoms with E-state index in [-0.39, 0.29) is 11.6 Å². The van der Waals surface area contributed by atoms with Crippen LogP contribution in [0.25, 0.3) is 0 Å². The molecule has 1 heterocycles. The summed E-state index contributed by atoms with van der Waals surface area (Å²) < 4.78 is 5.28. The van der Waals surface area contributed by atoms with E-state index in [1.165, 1.54) is 11.1 Å². The Balaban J connectivity index is 1.65. The van der Waals surface area contributed by atoms with Crippen LogP contribution in [-0.4, -0.2) is 23.2 Å². The zero-order valence-corrected chi connectivity index (χ0v) is 15.6. The minimum absolute atomic E-state index is 0.236. The van der Waals surface area contributed by atoms with Gasteiger partial charge in [0, 0.05) is 6.54 Å². The summed E-state index contributed by atoms with van der Waals surface area (Å²) in [6.45, 7) is 4.66. The van der Waals surface area contributed by atoms with Crippen LogP contribution >= 0.6 is 0 Å². The molecule has 138 valence electrons. The summed E-state index contributed by atoms with van der Waals surface area (Å²) in [6.07, 6.45) is 0. The molecule has 0 aliphatic heterocycles. The van der Waals surface area contributed by atoms with Gasteiger partial charge in [-0.3, -0.25) is 4.79 Å². The second kappa shape index (κ2) is 8.31. The topological polar surface area (TPSA) is 76.1 Å². The van der Waals surface area contributed by atoms with Crippen molar-refractivity contribution in [2.75, 3.05) is 17.7 Å². The van der Waals surface area contributed by atoms with Crippen molar-refractivity contribution in [3.63, 3.8) is 0 Å². The highest BCUT2D eigenvalue weighted by Gasteiger charge is 2.12. The van der Waals surface area contributed by atoms with Crippen molar-refractivity contribution < 1.29 is 9.53 Å². The maximum atomic E-state index is 12.4. The van der Waals surface area contributed by atoms with Gasteiger partial charge in [-0.05, 0) is 54.8 Å². The lowest BCUT2D eigenvalue weighted by atomic mass is 10.1. The minimum Gasteiger partial charge on any atom is -0.495 e. The number of nitrogens with one attached hydrogen (secondary N) is 2. The van der Waals surface area contributed by atoms with Crippen LogP contribution in [0.4, 0.5) is 11.5 Å². The van der Waals surface area contributed by atoms with Gasteiger partial charge in [0.2, 0.25) is 0 Å². The number of nitrogens with zero attached hydrogens (tertiary/aromatic N) is 2. The van der Waals surface area contributed by atoms with Gasteiger partial charge in [0.1, 0.15) is 11.6 Å². The highest BCUT2D eigenvalue weighted by Crippen LogP contribution is 2.25. The zero-order valence-electron chi connectivity index (χ0n) is 15.6. The van der Waals surface area contributed by atoms with E-state index in [1.807, 2.05) is 37.3 Å². The van der Waals surface area contributed by atoms with Crippen molar-refractivity contribution in [2.45, 2.75) is 20.4 Å². The summed E-state index contributed by atoms with van der Waals surface area (Å²) in [7, 11) is 1.56. The van der Waals surface area contributed by atoms with Crippen molar-refractivity contribution in [2.24, 2.45) is 0 Å². The lowest BCUT2D eigenvalue weighted by Crippen LogP contribution is -2.15. The largest absolute Gasteiger partial charge is 0.495 e. The summed E-state index contributed by atoms with van der Waals surface area (Å²) >= 11 is 0. The third-order valence-electron chi connectivity index (χ3n) is 4.22. The third-order valence-corrected chi connectivity index (χ3v) is 4.22. The molecule has 1 amide bonds. The lowest BCUT2D eigenvalue weighted by molar-refractivity contribution is 0.102. The fourth-order valence-electron chi connectivity index (χ4n) is 2.65. The Hall–Kier alpha value is -3.41. The normalized spacial score (nSPS) is 10.3. The summed E-state index contributed by atoms with van der Waals surface area (Å²) in [5.41, 5.74) is 4.26. The Morgan fingerprint density at radius 3 is 2.56 bits per heavy atom. The molecule has 0 atom stereocenters. The first kappa shape index (κ1) is 18.4. The first-order chi connectivity index (χ1) is 13.1. The van der Waals surface area contributed by atoms with Crippen LogP contribution in [0.15, 0.2) is 54.6 Å². The Morgan fingerprint density at radius 1 is 1.04 bits per heavy atom. The molecule has 0 unspecified atom stereocenters. The molecule has 6 nitrogen and oxygen atoms in total. The van der Waals surface area contributed by atoms with Crippen molar-refractivity contribution in [1.29, 1.82) is 0 Å². The van der Waals surface area contributed by atoms with Crippen LogP contribution < -0.4 is 15.4 Å². The predicted octanol–water partition coefficient (Wildman–Crippen LogP) is 3.97. The van der Waals surface area contributed by atoms with Crippen molar-refractivity contribution in [1.82, 2.24) is 10.2 Å². The number of anilines is 2. The molecule has 0 aliphatic carbocycles. The second-order valence-electron chi connectivity index (χ2n) is 6.24. The maximum Gasteiger partial charge on any atom is 0.276 e. The number of rotatable bonds is 6. The standard InChI is InChI=1S/C21H22N4O2/c1-14-8-10-19(27-3)18(12-14)23-21(26)17-9-11-20(25-24-17)22-13-16-7-5-4-6-15(16)2/h4-12H,13H2,1-3H3,(H,22,25)(H,23,26). The molecule has 0 aliphatic rings. The van der Waals surface area contributed by atoms with Gasteiger partial charge in [0.15, 0.2) is 5.69 Å². The average molecular weight is 362 g/mol. The highest BCUT2D eigenvalue weighted by atomic mass is 16.5. The molecule has 1 aromatic heterocycles. The maximum absolute atomic E-state index is 12.4. The SMILES string of the molecule is COc1ccc(C)cc1NC(=O)c1ccc(NCc2ccccc2C)nn1. The average Bonchev–Trinajstić information content (AvgIpc) is 2.68. The van der Waals surface area contributed by atoms with E-state index in [0.29, 0.717) is 23.8 Å². The number of amides is 1. The Kier molecular flexibility index (Phi) is 5.66. The quantitative estimate of drug-likeness (QED) is 0.694.